The molecule has 0 atom stereocenters. The maximum atomic E-state index is 7.50. The van der Waals surface area contributed by atoms with Crippen LogP contribution < -0.4 is 0 Å². The second-order valence-electron chi connectivity index (χ2n) is 2.50. The van der Waals surface area contributed by atoms with Crippen LogP contribution in [0.4, 0.5) is 0 Å². The molecule has 0 aromatic heterocycles. The Morgan fingerprint density at radius 2 is 1.11 bits per heavy atom. The molecule has 1 fully saturated rings. The summed E-state index contributed by atoms with van der Waals surface area (Å²) in [6.07, 6.45) is 5.38. The number of rotatable bonds is 2. The van der Waals surface area contributed by atoms with Crippen LogP contribution in [0, 0.1) is 39.2 Å². The van der Waals surface area contributed by atoms with Crippen LogP contribution in [-0.2, 0) is 43.8 Å². The molecule has 102 valence electrons. The summed E-state index contributed by atoms with van der Waals surface area (Å²) in [6, 6.07) is 0. The predicted molar refractivity (Wildman–Crippen MR) is 53.6 cm³/mol. The summed E-state index contributed by atoms with van der Waals surface area (Å²) >= 11 is 2.96. The van der Waals surface area contributed by atoms with Crippen LogP contribution in [0.2, 0.25) is 0 Å². The van der Waals surface area contributed by atoms with E-state index in [0.717, 1.165) is 10.5 Å². The minimum absolute atomic E-state index is 0.718. The van der Waals surface area contributed by atoms with Crippen LogP contribution in [0.5, 0.6) is 0 Å². The molecule has 1 saturated carbocycles. The van der Waals surface area contributed by atoms with Crippen LogP contribution in [-0.4, -0.2) is 11.7 Å². The van der Waals surface area contributed by atoms with Crippen molar-refractivity contribution in [1.29, 1.82) is 0 Å². The molecular weight excluding hydrogens is 292 g/mol. The number of hydrogen-bond donors (Lipinski definition) is 0. The molecule has 7 heteroatoms. The van der Waals surface area contributed by atoms with Crippen molar-refractivity contribution in [2.45, 2.75) is 25.7 Å². The third kappa shape index (κ3) is 26.6. The zero-order chi connectivity index (χ0) is 16.7. The monoisotopic (exact) mass is 304 g/mol. The Balaban J connectivity index is -0.0000000557. The molecule has 0 unspecified atom stereocenters. The van der Waals surface area contributed by atoms with Crippen LogP contribution in [0.25, 0.3) is 0 Å². The van der Waals surface area contributed by atoms with Gasteiger partial charge in [-0.05, 0) is 0 Å². The molecule has 0 amide bonds. The van der Waals surface area contributed by atoms with Gasteiger partial charge in [0.2, 0.25) is 0 Å². The predicted octanol–water partition coefficient (Wildman–Crippen LogP) is 1.31. The molecule has 1 aliphatic carbocycles. The summed E-state index contributed by atoms with van der Waals surface area (Å²) in [5.41, 5.74) is 0. The van der Waals surface area contributed by atoms with Crippen molar-refractivity contribution in [1.82, 2.24) is 0 Å². The van der Waals surface area contributed by atoms with E-state index >= 15 is 0 Å². The van der Waals surface area contributed by atoms with Crippen molar-refractivity contribution in [3.05, 3.63) is 33.3 Å². The Morgan fingerprint density at radius 3 is 1.32 bits per heavy atom. The van der Waals surface area contributed by atoms with Crippen LogP contribution >= 0.6 is 0 Å². The fourth-order valence-corrected chi connectivity index (χ4v) is 1.70. The van der Waals surface area contributed by atoms with E-state index in [4.69, 9.17) is 28.0 Å². The second-order valence-corrected chi connectivity index (χ2v) is 3.13. The van der Waals surface area contributed by atoms with Gasteiger partial charge in [0, 0.05) is 0 Å². The number of ether oxygens (including phenoxy) is 1. The van der Waals surface area contributed by atoms with E-state index in [0.29, 0.717) is 0 Å². The molecule has 0 bridgehead atoms. The molecule has 1 rings (SSSR count). The van der Waals surface area contributed by atoms with Crippen molar-refractivity contribution >= 4 is 4.57 Å². The van der Waals surface area contributed by atoms with Crippen molar-refractivity contribution in [2.75, 3.05) is 7.11 Å². The average Bonchev–Trinajstić information content (AvgIpc) is 3.11. The zero-order valence-corrected chi connectivity index (χ0v) is 11.5. The topological polar surface area (TPSA) is 109 Å². The van der Waals surface area contributed by atoms with Gasteiger partial charge in [-0.2, -0.15) is 0 Å². The quantitative estimate of drug-likeness (QED) is 0.556. The van der Waals surface area contributed by atoms with Gasteiger partial charge in [-0.25, -0.2) is 0 Å². The summed E-state index contributed by atoms with van der Waals surface area (Å²) < 4.78 is 43.7. The van der Waals surface area contributed by atoms with E-state index in [1.165, 1.54) is 25.7 Å². The van der Waals surface area contributed by atoms with E-state index in [1.807, 2.05) is 0 Å². The van der Waals surface area contributed by atoms with Crippen molar-refractivity contribution < 1.29 is 43.8 Å². The fourth-order valence-electron chi connectivity index (χ4n) is 1.33. The van der Waals surface area contributed by atoms with Crippen molar-refractivity contribution in [3.63, 3.8) is 0 Å². The van der Waals surface area contributed by atoms with Gasteiger partial charge in [0.15, 0.2) is 0 Å². The third-order valence-electron chi connectivity index (χ3n) is 1.89. The molecule has 0 N–H and O–H groups in total. The fraction of sp³-hybridized carbons (Fsp3) is 0.500. The summed E-state index contributed by atoms with van der Waals surface area (Å²) in [7, 11) is 1.74. The van der Waals surface area contributed by atoms with Gasteiger partial charge in [-0.15, -0.1) is 0 Å². The summed E-state index contributed by atoms with van der Waals surface area (Å²) in [6.45, 7) is 22.5. The van der Waals surface area contributed by atoms with Crippen molar-refractivity contribution in [3.8, 4) is 0 Å². The van der Waals surface area contributed by atoms with E-state index < -0.39 is 0 Å². The van der Waals surface area contributed by atoms with Gasteiger partial charge in [-0.1, -0.05) is 0 Å². The van der Waals surface area contributed by atoms with Crippen LogP contribution in [0.1, 0.15) is 25.7 Å². The molecule has 0 aliphatic heterocycles. The first-order valence-corrected chi connectivity index (χ1v) is 5.08. The first-order chi connectivity index (χ1) is 9.34. The van der Waals surface area contributed by atoms with Gasteiger partial charge < -0.3 is 0 Å². The van der Waals surface area contributed by atoms with Crippen molar-refractivity contribution in [2.24, 2.45) is 5.92 Å². The minimum atomic E-state index is 0.718. The third-order valence-corrected chi connectivity index (χ3v) is 2.67. The standard InChI is InChI=1S/C7H12O.5CO.Cr/c1-8-6-7-4-2-3-5-7;5*1-2;/h7H,2-5H2,1H3;;;;;;. The zero-order valence-electron chi connectivity index (χ0n) is 10.3. The van der Waals surface area contributed by atoms with Gasteiger partial charge in [-0.3, -0.25) is 0 Å². The molecule has 19 heavy (non-hydrogen) atoms. The van der Waals surface area contributed by atoms with Gasteiger partial charge in [0.25, 0.3) is 0 Å². The SMILES string of the molecule is CO[C](=[Cr])C1CCCC1.[C-]#[O+].[C-]#[O+].[C-]#[O+].[C-]#[O+].[C-]#[O+]. The molecule has 0 radical (unpaired) electrons. The number of methoxy groups -OCH3 is 1. The Morgan fingerprint density at radius 1 is 0.842 bits per heavy atom. The molecule has 0 aromatic carbocycles. The number of hydrogen-bond acceptors (Lipinski definition) is 1. The Bertz CT molecular complexity index is 235. The van der Waals surface area contributed by atoms with Gasteiger partial charge in [0.05, 0.1) is 0 Å². The first-order valence-electron chi connectivity index (χ1n) is 4.44. The molecule has 0 spiro atoms. The summed E-state index contributed by atoms with van der Waals surface area (Å²) in [5, 5.41) is 0. The Kier molecular flexibility index (Phi) is 70.5. The first kappa shape index (κ1) is 30.8. The Labute approximate surface area is 121 Å². The van der Waals surface area contributed by atoms with E-state index in [9.17, 15) is 0 Å². The van der Waals surface area contributed by atoms with Gasteiger partial charge in [0.1, 0.15) is 0 Å². The van der Waals surface area contributed by atoms with E-state index in [-0.39, 0.29) is 0 Å². The summed E-state index contributed by atoms with van der Waals surface area (Å²) in [5.74, 6) is 0.718. The molecule has 0 heterocycles. The second kappa shape index (κ2) is 43.5. The van der Waals surface area contributed by atoms with E-state index in [1.54, 1.807) is 7.11 Å². The maximum absolute atomic E-state index is 7.50. The van der Waals surface area contributed by atoms with Gasteiger partial charge >= 0.3 is 120 Å². The molecule has 6 nitrogen and oxygen atoms in total. The van der Waals surface area contributed by atoms with Crippen LogP contribution in [0.15, 0.2) is 0 Å². The van der Waals surface area contributed by atoms with Crippen LogP contribution in [0.3, 0.4) is 0 Å². The average molecular weight is 304 g/mol. The Hall–Kier alpha value is -0.938. The summed E-state index contributed by atoms with van der Waals surface area (Å²) in [4.78, 5) is 0. The normalized spacial score (nSPS) is 10.3. The molecule has 0 aromatic rings. The molecule has 0 saturated heterocycles. The molecular formula is C12H12CrO6. The molecule has 1 aliphatic rings. The van der Waals surface area contributed by atoms with E-state index in [2.05, 4.69) is 49.1 Å².